The lowest BCUT2D eigenvalue weighted by molar-refractivity contribution is -0.147. The maximum Gasteiger partial charge on any atom is 0.307 e. The van der Waals surface area contributed by atoms with Gasteiger partial charge in [-0.15, -0.1) is 0 Å². The summed E-state index contributed by atoms with van der Waals surface area (Å²) in [6.07, 6.45) is -0.563. The smallest absolute Gasteiger partial charge is 0.307 e. The number of rotatable bonds is 7. The summed E-state index contributed by atoms with van der Waals surface area (Å²) < 4.78 is 5.43. The maximum absolute atomic E-state index is 11.2. The van der Waals surface area contributed by atoms with Gasteiger partial charge >= 0.3 is 5.97 Å². The molecule has 4 heteroatoms. The monoisotopic (exact) mass is 280 g/mol. The number of aliphatic hydroxyl groups excluding tert-OH is 1. The van der Waals surface area contributed by atoms with Gasteiger partial charge in [0.05, 0.1) is 25.2 Å². The van der Waals surface area contributed by atoms with Crippen LogP contribution in [-0.4, -0.2) is 28.9 Å². The van der Waals surface area contributed by atoms with E-state index in [0.717, 1.165) is 5.56 Å². The molecule has 4 nitrogen and oxygen atoms in total. The normalized spacial score (nSPS) is 14.8. The molecule has 0 bridgehead atoms. The Kier molecular flexibility index (Phi) is 6.17. The molecule has 1 rings (SSSR count). The molecule has 20 heavy (non-hydrogen) atoms. The highest BCUT2D eigenvalue weighted by Gasteiger charge is 2.32. The van der Waals surface area contributed by atoms with E-state index in [-0.39, 0.29) is 18.4 Å². The summed E-state index contributed by atoms with van der Waals surface area (Å²) in [6.45, 7) is 6.16. The van der Waals surface area contributed by atoms with Crippen LogP contribution in [0.25, 0.3) is 0 Å². The van der Waals surface area contributed by atoms with E-state index in [1.165, 1.54) is 0 Å². The van der Waals surface area contributed by atoms with Crippen molar-refractivity contribution in [2.75, 3.05) is 6.61 Å². The summed E-state index contributed by atoms with van der Waals surface area (Å²) in [6, 6.07) is 9.67. The predicted molar refractivity (Wildman–Crippen MR) is 77.3 cm³/mol. The van der Waals surface area contributed by atoms with Gasteiger partial charge in [-0.05, 0) is 17.4 Å². The molecular formula is C16H24O4. The number of hydrogen-bond acceptors (Lipinski definition) is 3. The van der Waals surface area contributed by atoms with Gasteiger partial charge in [0, 0.05) is 0 Å². The first kappa shape index (κ1) is 16.7. The van der Waals surface area contributed by atoms with E-state index in [9.17, 15) is 15.0 Å². The molecular weight excluding hydrogens is 256 g/mol. The Morgan fingerprint density at radius 2 is 1.85 bits per heavy atom. The zero-order valence-electron chi connectivity index (χ0n) is 12.4. The van der Waals surface area contributed by atoms with Crippen molar-refractivity contribution in [1.82, 2.24) is 0 Å². The third kappa shape index (κ3) is 5.72. The Balaban J connectivity index is 2.39. The van der Waals surface area contributed by atoms with E-state index < -0.39 is 18.0 Å². The summed E-state index contributed by atoms with van der Waals surface area (Å²) in [5.74, 6) is -1.46. The molecule has 0 aliphatic heterocycles. The number of carboxylic acids is 1. The first-order chi connectivity index (χ1) is 9.30. The summed E-state index contributed by atoms with van der Waals surface area (Å²) in [7, 11) is 0. The molecule has 0 fully saturated rings. The van der Waals surface area contributed by atoms with Crippen molar-refractivity contribution in [2.24, 2.45) is 11.3 Å². The van der Waals surface area contributed by atoms with Crippen molar-refractivity contribution >= 4 is 5.97 Å². The van der Waals surface area contributed by atoms with Gasteiger partial charge in [0.2, 0.25) is 0 Å². The first-order valence-electron chi connectivity index (χ1n) is 6.83. The van der Waals surface area contributed by atoms with E-state index in [0.29, 0.717) is 6.61 Å². The number of benzene rings is 1. The molecule has 0 saturated carbocycles. The molecule has 0 aliphatic rings. The summed E-state index contributed by atoms with van der Waals surface area (Å²) in [5.41, 5.74) is 0.650. The van der Waals surface area contributed by atoms with Crippen molar-refractivity contribution in [3.8, 4) is 0 Å². The van der Waals surface area contributed by atoms with Crippen LogP contribution in [0.4, 0.5) is 0 Å². The molecule has 0 saturated heterocycles. The molecule has 1 aromatic rings. The minimum Gasteiger partial charge on any atom is -0.481 e. The lowest BCUT2D eigenvalue weighted by Crippen LogP contribution is -2.33. The van der Waals surface area contributed by atoms with E-state index in [1.807, 2.05) is 51.1 Å². The minimum absolute atomic E-state index is 0.148. The number of carbonyl (C=O) groups is 1. The zero-order valence-corrected chi connectivity index (χ0v) is 12.4. The predicted octanol–water partition coefficient (Wildman–Crippen LogP) is 2.70. The van der Waals surface area contributed by atoms with E-state index in [4.69, 9.17) is 4.74 Å². The number of ether oxygens (including phenoxy) is 1. The molecule has 2 atom stereocenters. The maximum atomic E-state index is 11.2. The molecule has 0 spiro atoms. The second kappa shape index (κ2) is 7.41. The largest absolute Gasteiger partial charge is 0.481 e. The van der Waals surface area contributed by atoms with Gasteiger partial charge in [-0.3, -0.25) is 4.79 Å². The third-order valence-corrected chi connectivity index (χ3v) is 3.27. The Bertz CT molecular complexity index is 408. The van der Waals surface area contributed by atoms with Crippen LogP contribution in [0.15, 0.2) is 30.3 Å². The average Bonchev–Trinajstić information content (AvgIpc) is 2.35. The number of hydrogen-bond donors (Lipinski definition) is 2. The van der Waals surface area contributed by atoms with Crippen molar-refractivity contribution in [3.63, 3.8) is 0 Å². The molecule has 2 unspecified atom stereocenters. The summed E-state index contributed by atoms with van der Waals surface area (Å²) >= 11 is 0. The van der Waals surface area contributed by atoms with Crippen molar-refractivity contribution in [3.05, 3.63) is 35.9 Å². The van der Waals surface area contributed by atoms with Crippen LogP contribution in [0.5, 0.6) is 0 Å². The molecule has 112 valence electrons. The average molecular weight is 280 g/mol. The number of carboxylic acid groups (broad SMARTS) is 1. The summed E-state index contributed by atoms with van der Waals surface area (Å²) in [4.78, 5) is 11.2. The van der Waals surface area contributed by atoms with Crippen LogP contribution in [0.1, 0.15) is 32.8 Å². The van der Waals surface area contributed by atoms with E-state index in [1.54, 1.807) is 0 Å². The summed E-state index contributed by atoms with van der Waals surface area (Å²) in [5, 5.41) is 19.1. The van der Waals surface area contributed by atoms with Gasteiger partial charge in [0.15, 0.2) is 0 Å². The SMILES string of the molecule is CC(C)(C)C(CC(O)COCc1ccccc1)C(=O)O. The van der Waals surface area contributed by atoms with Crippen molar-refractivity contribution < 1.29 is 19.7 Å². The van der Waals surface area contributed by atoms with Crippen molar-refractivity contribution in [2.45, 2.75) is 39.9 Å². The number of aliphatic carboxylic acids is 1. The fourth-order valence-electron chi connectivity index (χ4n) is 2.05. The molecule has 0 amide bonds. The van der Waals surface area contributed by atoms with E-state index >= 15 is 0 Å². The van der Waals surface area contributed by atoms with Crippen molar-refractivity contribution in [1.29, 1.82) is 0 Å². The molecule has 0 aromatic heterocycles. The van der Waals surface area contributed by atoms with Crippen LogP contribution < -0.4 is 0 Å². The van der Waals surface area contributed by atoms with E-state index in [2.05, 4.69) is 0 Å². The quantitative estimate of drug-likeness (QED) is 0.806. The van der Waals surface area contributed by atoms with Gasteiger partial charge < -0.3 is 14.9 Å². The van der Waals surface area contributed by atoms with Crippen LogP contribution in [0.3, 0.4) is 0 Å². The van der Waals surface area contributed by atoms with Crippen LogP contribution in [-0.2, 0) is 16.1 Å². The Labute approximate surface area is 120 Å². The highest BCUT2D eigenvalue weighted by Crippen LogP contribution is 2.30. The minimum atomic E-state index is -0.875. The topological polar surface area (TPSA) is 66.8 Å². The fraction of sp³-hybridized carbons (Fsp3) is 0.562. The third-order valence-electron chi connectivity index (χ3n) is 3.27. The van der Waals surface area contributed by atoms with Gasteiger partial charge in [0.25, 0.3) is 0 Å². The Morgan fingerprint density at radius 3 is 2.35 bits per heavy atom. The number of aliphatic hydroxyl groups is 1. The van der Waals surface area contributed by atoms with Gasteiger partial charge in [-0.2, -0.15) is 0 Å². The molecule has 0 aliphatic carbocycles. The molecule has 0 radical (unpaired) electrons. The highest BCUT2D eigenvalue weighted by molar-refractivity contribution is 5.70. The standard InChI is InChI=1S/C16H24O4/c1-16(2,3)14(15(18)19)9-13(17)11-20-10-12-7-5-4-6-8-12/h4-8,13-14,17H,9-11H2,1-3H3,(H,18,19). The second-order valence-corrected chi connectivity index (χ2v) is 6.15. The van der Waals surface area contributed by atoms with Crippen LogP contribution in [0.2, 0.25) is 0 Å². The lowest BCUT2D eigenvalue weighted by atomic mass is 9.77. The van der Waals surface area contributed by atoms with Gasteiger partial charge in [0.1, 0.15) is 0 Å². The fourth-order valence-corrected chi connectivity index (χ4v) is 2.05. The Hall–Kier alpha value is -1.39. The second-order valence-electron chi connectivity index (χ2n) is 6.15. The Morgan fingerprint density at radius 1 is 1.25 bits per heavy atom. The van der Waals surface area contributed by atoms with Gasteiger partial charge in [-0.25, -0.2) is 0 Å². The molecule has 0 heterocycles. The lowest BCUT2D eigenvalue weighted by Gasteiger charge is -2.28. The molecule has 1 aromatic carbocycles. The highest BCUT2D eigenvalue weighted by atomic mass is 16.5. The molecule has 2 N–H and O–H groups in total. The van der Waals surface area contributed by atoms with Crippen LogP contribution in [0, 0.1) is 11.3 Å². The zero-order chi connectivity index (χ0) is 15.2. The van der Waals surface area contributed by atoms with Crippen LogP contribution >= 0.6 is 0 Å². The van der Waals surface area contributed by atoms with Gasteiger partial charge in [-0.1, -0.05) is 51.1 Å². The first-order valence-corrected chi connectivity index (χ1v) is 6.83.